The number of hydrogen-bond acceptors (Lipinski definition) is 2. The van der Waals surface area contributed by atoms with E-state index in [1.165, 1.54) is 5.56 Å². The lowest BCUT2D eigenvalue weighted by atomic mass is 10.0. The second-order valence-corrected chi connectivity index (χ2v) is 5.44. The minimum absolute atomic E-state index is 0.0185. The normalized spacial score (nSPS) is 11.4. The van der Waals surface area contributed by atoms with Crippen LogP contribution in [0.2, 0.25) is 0 Å². The van der Waals surface area contributed by atoms with Crippen LogP contribution in [-0.2, 0) is 13.5 Å². The molecule has 3 heteroatoms. The average Bonchev–Trinajstić information content (AvgIpc) is 2.82. The molecule has 0 spiro atoms. The lowest BCUT2D eigenvalue weighted by molar-refractivity contribution is 0.104. The summed E-state index contributed by atoms with van der Waals surface area (Å²) in [5.74, 6) is 0.645. The van der Waals surface area contributed by atoms with Crippen molar-refractivity contribution in [2.45, 2.75) is 20.3 Å². The zero-order chi connectivity index (χ0) is 14.5. The van der Waals surface area contributed by atoms with Crippen LogP contribution < -0.4 is 0 Å². The molecule has 0 unspecified atom stereocenters. The van der Waals surface area contributed by atoms with Gasteiger partial charge in [0.25, 0.3) is 0 Å². The molecule has 1 aromatic heterocycles. The van der Waals surface area contributed by atoms with Crippen LogP contribution in [0.1, 0.15) is 35.3 Å². The second kappa shape index (κ2) is 6.33. The van der Waals surface area contributed by atoms with Gasteiger partial charge in [0.1, 0.15) is 0 Å². The van der Waals surface area contributed by atoms with Crippen molar-refractivity contribution < 1.29 is 4.79 Å². The molecule has 3 nitrogen and oxygen atoms in total. The summed E-state index contributed by atoms with van der Waals surface area (Å²) < 4.78 is 1.71. The van der Waals surface area contributed by atoms with Crippen molar-refractivity contribution in [3.8, 4) is 0 Å². The Morgan fingerprint density at radius 1 is 1.30 bits per heavy atom. The van der Waals surface area contributed by atoms with Gasteiger partial charge in [0.05, 0.1) is 6.20 Å². The number of carbonyl (C=O) groups is 1. The number of aromatic nitrogens is 2. The van der Waals surface area contributed by atoms with Gasteiger partial charge in [-0.25, -0.2) is 0 Å². The maximum Gasteiger partial charge on any atom is 0.185 e. The Bertz CT molecular complexity index is 606. The quantitative estimate of drug-likeness (QED) is 0.614. The lowest BCUT2D eigenvalue weighted by Gasteiger charge is -2.05. The first kappa shape index (κ1) is 14.3. The van der Waals surface area contributed by atoms with Gasteiger partial charge in [-0.1, -0.05) is 38.1 Å². The minimum Gasteiger partial charge on any atom is -0.289 e. The topological polar surface area (TPSA) is 34.9 Å². The summed E-state index contributed by atoms with van der Waals surface area (Å²) in [4.78, 5) is 12.0. The van der Waals surface area contributed by atoms with Gasteiger partial charge in [-0.3, -0.25) is 9.48 Å². The third-order valence-electron chi connectivity index (χ3n) is 3.03. The SMILES string of the molecule is CC(C)Cc1ccc(C(=O)/C=C/c2cnn(C)c2)cc1. The van der Waals surface area contributed by atoms with Gasteiger partial charge in [-0.15, -0.1) is 0 Å². The third-order valence-corrected chi connectivity index (χ3v) is 3.03. The van der Waals surface area contributed by atoms with Crippen LogP contribution in [0.5, 0.6) is 0 Å². The fourth-order valence-corrected chi connectivity index (χ4v) is 2.07. The molecule has 1 aromatic carbocycles. The van der Waals surface area contributed by atoms with Crippen LogP contribution >= 0.6 is 0 Å². The summed E-state index contributed by atoms with van der Waals surface area (Å²) in [6, 6.07) is 7.86. The Morgan fingerprint density at radius 3 is 2.55 bits per heavy atom. The standard InChI is InChI=1S/C17H20N2O/c1-13(2)10-14-4-7-16(8-5-14)17(20)9-6-15-11-18-19(3)12-15/h4-9,11-13H,10H2,1-3H3/b9-6+. The van der Waals surface area contributed by atoms with Gasteiger partial charge < -0.3 is 0 Å². The molecule has 0 bridgehead atoms. The molecule has 0 amide bonds. The molecule has 0 fully saturated rings. The Balaban J connectivity index is 2.04. The summed E-state index contributed by atoms with van der Waals surface area (Å²) >= 11 is 0. The molecule has 2 rings (SSSR count). The molecule has 0 N–H and O–H groups in total. The van der Waals surface area contributed by atoms with E-state index in [0.717, 1.165) is 17.5 Å². The summed E-state index contributed by atoms with van der Waals surface area (Å²) in [6.45, 7) is 4.38. The van der Waals surface area contributed by atoms with Crippen molar-refractivity contribution in [2.75, 3.05) is 0 Å². The first-order valence-electron chi connectivity index (χ1n) is 6.84. The Labute approximate surface area is 119 Å². The Hall–Kier alpha value is -2.16. The maximum atomic E-state index is 12.0. The number of nitrogens with zero attached hydrogens (tertiary/aromatic N) is 2. The molecule has 0 radical (unpaired) electrons. The van der Waals surface area contributed by atoms with Crippen LogP contribution in [0.3, 0.4) is 0 Å². The van der Waals surface area contributed by atoms with Crippen LogP contribution in [0.15, 0.2) is 42.7 Å². The van der Waals surface area contributed by atoms with Crippen molar-refractivity contribution in [2.24, 2.45) is 13.0 Å². The van der Waals surface area contributed by atoms with Gasteiger partial charge in [0, 0.05) is 24.4 Å². The van der Waals surface area contributed by atoms with Gasteiger partial charge in [0.2, 0.25) is 0 Å². The molecule has 0 saturated heterocycles. The zero-order valence-corrected chi connectivity index (χ0v) is 12.2. The Kier molecular flexibility index (Phi) is 4.51. The summed E-state index contributed by atoms with van der Waals surface area (Å²) in [7, 11) is 1.85. The molecule has 1 heterocycles. The zero-order valence-electron chi connectivity index (χ0n) is 12.2. The van der Waals surface area contributed by atoms with Crippen LogP contribution in [-0.4, -0.2) is 15.6 Å². The molecule has 0 aliphatic carbocycles. The highest BCUT2D eigenvalue weighted by molar-refractivity contribution is 6.06. The predicted molar refractivity (Wildman–Crippen MR) is 81.6 cm³/mol. The van der Waals surface area contributed by atoms with Gasteiger partial charge >= 0.3 is 0 Å². The van der Waals surface area contributed by atoms with Crippen molar-refractivity contribution in [3.63, 3.8) is 0 Å². The van der Waals surface area contributed by atoms with E-state index < -0.39 is 0 Å². The molecule has 20 heavy (non-hydrogen) atoms. The molecule has 0 aliphatic heterocycles. The van der Waals surface area contributed by atoms with Crippen molar-refractivity contribution in [3.05, 3.63) is 59.4 Å². The number of rotatable bonds is 5. The second-order valence-electron chi connectivity index (χ2n) is 5.44. The van der Waals surface area contributed by atoms with Crippen molar-refractivity contribution >= 4 is 11.9 Å². The lowest BCUT2D eigenvalue weighted by Crippen LogP contribution is -1.97. The molecular formula is C17H20N2O. The molecule has 2 aromatic rings. The minimum atomic E-state index is 0.0185. The summed E-state index contributed by atoms with van der Waals surface area (Å²) in [5, 5.41) is 4.06. The highest BCUT2D eigenvalue weighted by atomic mass is 16.1. The van der Waals surface area contributed by atoms with Gasteiger partial charge in [0.15, 0.2) is 5.78 Å². The van der Waals surface area contributed by atoms with Crippen LogP contribution in [0.4, 0.5) is 0 Å². The monoisotopic (exact) mass is 268 g/mol. The number of allylic oxidation sites excluding steroid dienone is 1. The predicted octanol–water partition coefficient (Wildman–Crippen LogP) is 3.51. The van der Waals surface area contributed by atoms with E-state index in [1.807, 2.05) is 37.5 Å². The smallest absolute Gasteiger partial charge is 0.185 e. The number of ketones is 1. The van der Waals surface area contributed by atoms with Gasteiger partial charge in [-0.2, -0.15) is 5.10 Å². The molecule has 104 valence electrons. The highest BCUT2D eigenvalue weighted by Gasteiger charge is 2.03. The third kappa shape index (κ3) is 3.92. The van der Waals surface area contributed by atoms with E-state index >= 15 is 0 Å². The molecule has 0 aliphatic rings. The number of carbonyl (C=O) groups excluding carboxylic acids is 1. The average molecular weight is 268 g/mol. The van der Waals surface area contributed by atoms with Gasteiger partial charge in [-0.05, 0) is 30.1 Å². The fourth-order valence-electron chi connectivity index (χ4n) is 2.07. The molecule has 0 atom stereocenters. The van der Waals surface area contributed by atoms with E-state index in [4.69, 9.17) is 0 Å². The number of aryl methyl sites for hydroxylation is 1. The molecular weight excluding hydrogens is 248 g/mol. The van der Waals surface area contributed by atoms with E-state index in [9.17, 15) is 4.79 Å². The van der Waals surface area contributed by atoms with E-state index in [2.05, 4.69) is 18.9 Å². The largest absolute Gasteiger partial charge is 0.289 e. The van der Waals surface area contributed by atoms with Crippen molar-refractivity contribution in [1.29, 1.82) is 0 Å². The van der Waals surface area contributed by atoms with Crippen LogP contribution in [0, 0.1) is 5.92 Å². The van der Waals surface area contributed by atoms with Crippen LogP contribution in [0.25, 0.3) is 6.08 Å². The Morgan fingerprint density at radius 2 is 2.00 bits per heavy atom. The van der Waals surface area contributed by atoms with Crippen molar-refractivity contribution in [1.82, 2.24) is 9.78 Å². The highest BCUT2D eigenvalue weighted by Crippen LogP contribution is 2.11. The summed E-state index contributed by atoms with van der Waals surface area (Å²) in [5.41, 5.74) is 2.92. The number of benzene rings is 1. The number of hydrogen-bond donors (Lipinski definition) is 0. The van der Waals surface area contributed by atoms with E-state index in [-0.39, 0.29) is 5.78 Å². The van der Waals surface area contributed by atoms with E-state index in [0.29, 0.717) is 5.92 Å². The summed E-state index contributed by atoms with van der Waals surface area (Å²) in [6.07, 6.45) is 8.02. The molecule has 0 saturated carbocycles. The van der Waals surface area contributed by atoms with E-state index in [1.54, 1.807) is 23.0 Å². The fraction of sp³-hybridized carbons (Fsp3) is 0.294. The first-order chi connectivity index (χ1) is 9.54. The maximum absolute atomic E-state index is 12.0. The first-order valence-corrected chi connectivity index (χ1v) is 6.84.